The Morgan fingerprint density at radius 3 is 2.52 bits per heavy atom. The van der Waals surface area contributed by atoms with Crippen LogP contribution in [0.25, 0.3) is 6.08 Å². The molecule has 0 aliphatic carbocycles. The summed E-state index contributed by atoms with van der Waals surface area (Å²) in [5.41, 5.74) is 1.40. The molecule has 0 saturated carbocycles. The van der Waals surface area contributed by atoms with Crippen molar-refractivity contribution in [2.45, 2.75) is 13.0 Å². The van der Waals surface area contributed by atoms with Gasteiger partial charge in [-0.05, 0) is 36.8 Å². The van der Waals surface area contributed by atoms with E-state index in [9.17, 15) is 9.18 Å². The van der Waals surface area contributed by atoms with Crippen LogP contribution >= 0.6 is 15.9 Å². The van der Waals surface area contributed by atoms with Gasteiger partial charge in [0.2, 0.25) is 5.91 Å². The second kappa shape index (κ2) is 7.18. The zero-order chi connectivity index (χ0) is 15.2. The summed E-state index contributed by atoms with van der Waals surface area (Å²) < 4.78 is 14.4. The highest BCUT2D eigenvalue weighted by atomic mass is 79.9. The zero-order valence-electron chi connectivity index (χ0n) is 11.5. The molecule has 0 aliphatic rings. The Bertz CT molecular complexity index is 652. The van der Waals surface area contributed by atoms with Crippen molar-refractivity contribution in [2.24, 2.45) is 0 Å². The normalized spacial score (nSPS) is 12.3. The Morgan fingerprint density at radius 2 is 1.86 bits per heavy atom. The molecule has 2 aromatic carbocycles. The fourth-order valence-corrected chi connectivity index (χ4v) is 2.14. The quantitative estimate of drug-likeness (QED) is 0.811. The lowest BCUT2D eigenvalue weighted by Gasteiger charge is -2.12. The molecule has 1 N–H and O–H groups in total. The lowest BCUT2D eigenvalue weighted by molar-refractivity contribution is -0.117. The fourth-order valence-electron chi connectivity index (χ4n) is 1.87. The van der Waals surface area contributed by atoms with E-state index >= 15 is 0 Å². The third-order valence-electron chi connectivity index (χ3n) is 3.05. The molecular weight excluding hydrogens is 333 g/mol. The molecule has 0 saturated heterocycles. The number of halogens is 2. The van der Waals surface area contributed by atoms with Crippen molar-refractivity contribution in [3.05, 3.63) is 76.0 Å². The first kappa shape index (κ1) is 15.4. The fraction of sp³-hybridized carbons (Fsp3) is 0.118. The summed E-state index contributed by atoms with van der Waals surface area (Å²) in [5, 5.41) is 2.84. The van der Waals surface area contributed by atoms with E-state index in [1.807, 2.05) is 31.2 Å². The summed E-state index contributed by atoms with van der Waals surface area (Å²) in [6.07, 6.45) is 2.81. The van der Waals surface area contributed by atoms with Crippen LogP contribution in [0.2, 0.25) is 0 Å². The Labute approximate surface area is 131 Å². The van der Waals surface area contributed by atoms with Crippen molar-refractivity contribution < 1.29 is 9.18 Å². The van der Waals surface area contributed by atoms with Crippen molar-refractivity contribution in [3.63, 3.8) is 0 Å². The zero-order valence-corrected chi connectivity index (χ0v) is 13.1. The molecule has 0 heterocycles. The molecule has 108 valence electrons. The topological polar surface area (TPSA) is 29.1 Å². The van der Waals surface area contributed by atoms with E-state index in [0.717, 1.165) is 10.0 Å². The van der Waals surface area contributed by atoms with Crippen molar-refractivity contribution >= 4 is 27.9 Å². The Morgan fingerprint density at radius 1 is 1.19 bits per heavy atom. The van der Waals surface area contributed by atoms with Gasteiger partial charge in [0.25, 0.3) is 0 Å². The van der Waals surface area contributed by atoms with Gasteiger partial charge in [-0.25, -0.2) is 4.39 Å². The van der Waals surface area contributed by atoms with Gasteiger partial charge in [0.15, 0.2) is 0 Å². The number of carbonyl (C=O) groups is 1. The van der Waals surface area contributed by atoms with E-state index in [0.29, 0.717) is 5.56 Å². The van der Waals surface area contributed by atoms with Gasteiger partial charge < -0.3 is 5.32 Å². The van der Waals surface area contributed by atoms with Crippen LogP contribution in [-0.2, 0) is 4.79 Å². The molecule has 21 heavy (non-hydrogen) atoms. The van der Waals surface area contributed by atoms with Gasteiger partial charge in [-0.1, -0.05) is 46.3 Å². The number of carbonyl (C=O) groups excluding carboxylic acids is 1. The summed E-state index contributed by atoms with van der Waals surface area (Å²) in [4.78, 5) is 11.8. The lowest BCUT2D eigenvalue weighted by Crippen LogP contribution is -2.24. The summed E-state index contributed by atoms with van der Waals surface area (Å²) in [5.74, 6) is -0.601. The van der Waals surface area contributed by atoms with E-state index in [1.54, 1.807) is 18.2 Å². The van der Waals surface area contributed by atoms with Crippen molar-refractivity contribution in [1.29, 1.82) is 0 Å². The maximum absolute atomic E-state index is 13.4. The Kier molecular flexibility index (Phi) is 5.28. The predicted molar refractivity (Wildman–Crippen MR) is 86.1 cm³/mol. The van der Waals surface area contributed by atoms with Gasteiger partial charge in [0, 0.05) is 16.1 Å². The molecule has 1 amide bonds. The third kappa shape index (κ3) is 4.53. The minimum Gasteiger partial charge on any atom is -0.346 e. The SMILES string of the molecule is C[C@@H](NC(=O)/C=C/c1ccccc1F)c1ccc(Br)cc1. The van der Waals surface area contributed by atoms with E-state index in [-0.39, 0.29) is 17.8 Å². The van der Waals surface area contributed by atoms with Gasteiger partial charge in [0.1, 0.15) is 5.82 Å². The maximum atomic E-state index is 13.4. The number of hydrogen-bond acceptors (Lipinski definition) is 1. The number of rotatable bonds is 4. The minimum atomic E-state index is -0.345. The molecule has 0 spiro atoms. The van der Waals surface area contributed by atoms with Crippen LogP contribution < -0.4 is 5.32 Å². The average Bonchev–Trinajstić information content (AvgIpc) is 2.47. The lowest BCUT2D eigenvalue weighted by atomic mass is 10.1. The Balaban J connectivity index is 1.98. The molecular formula is C17H15BrFNO. The molecule has 2 nitrogen and oxygen atoms in total. The molecule has 0 unspecified atom stereocenters. The molecule has 2 aromatic rings. The maximum Gasteiger partial charge on any atom is 0.244 e. The largest absolute Gasteiger partial charge is 0.346 e. The molecule has 1 atom stereocenters. The third-order valence-corrected chi connectivity index (χ3v) is 3.58. The van der Waals surface area contributed by atoms with Crippen LogP contribution in [-0.4, -0.2) is 5.91 Å². The summed E-state index contributed by atoms with van der Waals surface area (Å²) in [6, 6.07) is 13.9. The van der Waals surface area contributed by atoms with Gasteiger partial charge in [-0.2, -0.15) is 0 Å². The highest BCUT2D eigenvalue weighted by Crippen LogP contribution is 2.16. The van der Waals surface area contributed by atoms with Crippen LogP contribution in [0, 0.1) is 5.82 Å². The standard InChI is InChI=1S/C17H15BrFNO/c1-12(13-6-9-15(18)10-7-13)20-17(21)11-8-14-4-2-3-5-16(14)19/h2-12H,1H3,(H,20,21)/b11-8+/t12-/m1/s1. The van der Waals surface area contributed by atoms with E-state index < -0.39 is 0 Å². The number of hydrogen-bond donors (Lipinski definition) is 1. The van der Waals surface area contributed by atoms with E-state index in [4.69, 9.17) is 0 Å². The van der Waals surface area contributed by atoms with Crippen LogP contribution in [0.3, 0.4) is 0 Å². The molecule has 0 fully saturated rings. The van der Waals surface area contributed by atoms with Crippen LogP contribution in [0.15, 0.2) is 59.1 Å². The molecule has 0 radical (unpaired) electrons. The molecule has 2 rings (SSSR count). The van der Waals surface area contributed by atoms with Crippen molar-refractivity contribution in [3.8, 4) is 0 Å². The smallest absolute Gasteiger partial charge is 0.244 e. The first-order chi connectivity index (χ1) is 10.1. The van der Waals surface area contributed by atoms with Crippen molar-refractivity contribution in [1.82, 2.24) is 5.32 Å². The summed E-state index contributed by atoms with van der Waals surface area (Å²) >= 11 is 3.37. The van der Waals surface area contributed by atoms with Gasteiger partial charge >= 0.3 is 0 Å². The van der Waals surface area contributed by atoms with Gasteiger partial charge in [-0.15, -0.1) is 0 Å². The molecule has 0 aliphatic heterocycles. The predicted octanol–water partition coefficient (Wildman–Crippen LogP) is 4.48. The second-order valence-corrected chi connectivity index (χ2v) is 5.55. The van der Waals surface area contributed by atoms with E-state index in [1.165, 1.54) is 18.2 Å². The first-order valence-corrected chi connectivity index (χ1v) is 7.34. The summed E-state index contributed by atoms with van der Waals surface area (Å²) in [6.45, 7) is 1.90. The van der Waals surface area contributed by atoms with Crippen LogP contribution in [0.5, 0.6) is 0 Å². The first-order valence-electron chi connectivity index (χ1n) is 6.55. The summed E-state index contributed by atoms with van der Waals surface area (Å²) in [7, 11) is 0. The monoisotopic (exact) mass is 347 g/mol. The van der Waals surface area contributed by atoms with E-state index in [2.05, 4.69) is 21.2 Å². The number of nitrogens with one attached hydrogen (secondary N) is 1. The second-order valence-electron chi connectivity index (χ2n) is 4.64. The highest BCUT2D eigenvalue weighted by molar-refractivity contribution is 9.10. The van der Waals surface area contributed by atoms with Crippen LogP contribution in [0.1, 0.15) is 24.1 Å². The van der Waals surface area contributed by atoms with Gasteiger partial charge in [-0.3, -0.25) is 4.79 Å². The molecule has 0 aromatic heterocycles. The number of amides is 1. The average molecular weight is 348 g/mol. The minimum absolute atomic E-state index is 0.115. The number of benzene rings is 2. The molecule has 4 heteroatoms. The highest BCUT2D eigenvalue weighted by Gasteiger charge is 2.07. The van der Waals surface area contributed by atoms with Crippen LogP contribution in [0.4, 0.5) is 4.39 Å². The Hall–Kier alpha value is -1.94. The molecule has 0 bridgehead atoms. The van der Waals surface area contributed by atoms with Crippen molar-refractivity contribution in [2.75, 3.05) is 0 Å². The van der Waals surface area contributed by atoms with Gasteiger partial charge in [0.05, 0.1) is 6.04 Å².